The average Bonchev–Trinajstić information content (AvgIpc) is 2.66. The molecule has 1 amide bonds. The zero-order valence-electron chi connectivity index (χ0n) is 14.7. The summed E-state index contributed by atoms with van der Waals surface area (Å²) in [6.45, 7) is 6.86. The molecule has 1 atom stereocenters. The third kappa shape index (κ3) is 4.94. The van der Waals surface area contributed by atoms with Gasteiger partial charge in [0.25, 0.3) is 5.91 Å². The maximum absolute atomic E-state index is 12.4. The van der Waals surface area contributed by atoms with E-state index in [1.165, 1.54) is 0 Å². The molecule has 0 spiro atoms. The Morgan fingerprint density at radius 1 is 1.20 bits per heavy atom. The molecule has 0 bridgehead atoms. The van der Waals surface area contributed by atoms with Crippen LogP contribution in [0.1, 0.15) is 13.3 Å². The molecule has 1 heterocycles. The first-order valence-corrected chi connectivity index (χ1v) is 8.99. The maximum atomic E-state index is 12.4. The molecule has 0 radical (unpaired) electrons. The second-order valence-corrected chi connectivity index (χ2v) is 6.27. The molecule has 1 N–H and O–H groups in total. The fourth-order valence-electron chi connectivity index (χ4n) is 3.00. The van der Waals surface area contributed by atoms with Crippen LogP contribution in [0.25, 0.3) is 10.8 Å². The molecule has 2 aromatic carbocycles. The van der Waals surface area contributed by atoms with Crippen molar-refractivity contribution in [2.24, 2.45) is 0 Å². The van der Waals surface area contributed by atoms with Crippen molar-refractivity contribution in [3.05, 3.63) is 42.5 Å². The number of carbonyl (C=O) groups is 1. The number of hydrogen-bond donors (Lipinski definition) is 1. The predicted molar refractivity (Wildman–Crippen MR) is 98.9 cm³/mol. The fraction of sp³-hybridized carbons (Fsp3) is 0.450. The van der Waals surface area contributed by atoms with Gasteiger partial charge in [0.1, 0.15) is 5.75 Å². The average molecular weight is 342 g/mol. The number of amides is 1. The lowest BCUT2D eigenvalue weighted by molar-refractivity contribution is -0.128. The molecule has 0 aromatic heterocycles. The summed E-state index contributed by atoms with van der Waals surface area (Å²) in [5.74, 6) is 0.679. The maximum Gasteiger partial charge on any atom is 0.261 e. The SMILES string of the molecule is CC[C@H](Oc1ccc2ccccc2c1)C(=O)NCCN1CCOCC1. The number of nitrogens with zero attached hydrogens (tertiary/aromatic N) is 1. The molecule has 1 fully saturated rings. The number of fused-ring (bicyclic) bond motifs is 1. The first kappa shape index (κ1) is 17.7. The summed E-state index contributed by atoms with van der Waals surface area (Å²) in [7, 11) is 0. The third-order valence-electron chi connectivity index (χ3n) is 4.49. The summed E-state index contributed by atoms with van der Waals surface area (Å²) in [5, 5.41) is 5.27. The lowest BCUT2D eigenvalue weighted by Crippen LogP contribution is -2.44. The van der Waals surface area contributed by atoms with E-state index in [0.717, 1.165) is 49.4 Å². The van der Waals surface area contributed by atoms with Crippen LogP contribution in [-0.2, 0) is 9.53 Å². The standard InChI is InChI=1S/C20H26N2O3/c1-2-19(20(23)21-9-10-22-11-13-24-14-12-22)25-18-8-7-16-5-3-4-6-17(16)15-18/h3-8,15,19H,2,9-14H2,1H3,(H,21,23)/t19-/m0/s1. The van der Waals surface area contributed by atoms with E-state index >= 15 is 0 Å². The molecule has 0 aliphatic carbocycles. The fourth-order valence-corrected chi connectivity index (χ4v) is 3.00. The van der Waals surface area contributed by atoms with Crippen LogP contribution >= 0.6 is 0 Å². The van der Waals surface area contributed by atoms with Gasteiger partial charge in [0.2, 0.25) is 0 Å². The molecule has 134 valence electrons. The van der Waals surface area contributed by atoms with Crippen LogP contribution in [0.4, 0.5) is 0 Å². The number of nitrogens with one attached hydrogen (secondary N) is 1. The van der Waals surface area contributed by atoms with Gasteiger partial charge in [-0.1, -0.05) is 37.3 Å². The molecule has 5 heteroatoms. The Hall–Kier alpha value is -2.11. The van der Waals surface area contributed by atoms with Crippen molar-refractivity contribution in [1.29, 1.82) is 0 Å². The van der Waals surface area contributed by atoms with Gasteiger partial charge in [-0.05, 0) is 29.3 Å². The van der Waals surface area contributed by atoms with E-state index in [4.69, 9.17) is 9.47 Å². The summed E-state index contributed by atoms with van der Waals surface area (Å²) < 4.78 is 11.3. The quantitative estimate of drug-likeness (QED) is 0.840. The normalized spacial score (nSPS) is 16.5. The molecule has 25 heavy (non-hydrogen) atoms. The van der Waals surface area contributed by atoms with Gasteiger partial charge in [-0.15, -0.1) is 0 Å². The molecule has 0 unspecified atom stereocenters. The highest BCUT2D eigenvalue weighted by molar-refractivity contribution is 5.84. The number of morpholine rings is 1. The monoisotopic (exact) mass is 342 g/mol. The number of rotatable bonds is 7. The van der Waals surface area contributed by atoms with Crippen LogP contribution in [0.3, 0.4) is 0 Å². The predicted octanol–water partition coefficient (Wildman–Crippen LogP) is 2.45. The van der Waals surface area contributed by atoms with E-state index in [1.54, 1.807) is 0 Å². The highest BCUT2D eigenvalue weighted by atomic mass is 16.5. The van der Waals surface area contributed by atoms with Crippen LogP contribution < -0.4 is 10.1 Å². The van der Waals surface area contributed by atoms with Gasteiger partial charge < -0.3 is 14.8 Å². The van der Waals surface area contributed by atoms with Gasteiger partial charge in [0.05, 0.1) is 13.2 Å². The van der Waals surface area contributed by atoms with Gasteiger partial charge in [0, 0.05) is 26.2 Å². The topological polar surface area (TPSA) is 50.8 Å². The van der Waals surface area contributed by atoms with Crippen LogP contribution in [0.5, 0.6) is 5.75 Å². The molecule has 5 nitrogen and oxygen atoms in total. The second kappa shape index (κ2) is 8.83. The van der Waals surface area contributed by atoms with Crippen molar-refractivity contribution in [3.8, 4) is 5.75 Å². The molecular formula is C20H26N2O3. The zero-order chi connectivity index (χ0) is 17.5. The first-order chi connectivity index (χ1) is 12.3. The Balaban J connectivity index is 1.52. The minimum atomic E-state index is -0.467. The van der Waals surface area contributed by atoms with Gasteiger partial charge in [0.15, 0.2) is 6.10 Å². The Bertz CT molecular complexity index is 698. The van der Waals surface area contributed by atoms with E-state index < -0.39 is 6.10 Å². The van der Waals surface area contributed by atoms with Gasteiger partial charge in [-0.25, -0.2) is 0 Å². The molecule has 2 aromatic rings. The number of hydrogen-bond acceptors (Lipinski definition) is 4. The minimum Gasteiger partial charge on any atom is -0.481 e. The van der Waals surface area contributed by atoms with E-state index in [9.17, 15) is 4.79 Å². The molecule has 0 saturated carbocycles. The number of ether oxygens (including phenoxy) is 2. The van der Waals surface area contributed by atoms with E-state index in [1.807, 2.05) is 43.3 Å². The lowest BCUT2D eigenvalue weighted by Gasteiger charge is -2.26. The van der Waals surface area contributed by atoms with Gasteiger partial charge >= 0.3 is 0 Å². The Labute approximate surface area is 148 Å². The number of benzene rings is 2. The highest BCUT2D eigenvalue weighted by Gasteiger charge is 2.18. The van der Waals surface area contributed by atoms with E-state index in [0.29, 0.717) is 13.0 Å². The Morgan fingerprint density at radius 3 is 2.72 bits per heavy atom. The molecule has 3 rings (SSSR count). The van der Waals surface area contributed by atoms with Crippen molar-refractivity contribution < 1.29 is 14.3 Å². The largest absolute Gasteiger partial charge is 0.481 e. The first-order valence-electron chi connectivity index (χ1n) is 8.99. The minimum absolute atomic E-state index is 0.0519. The second-order valence-electron chi connectivity index (χ2n) is 6.27. The van der Waals surface area contributed by atoms with E-state index in [-0.39, 0.29) is 5.91 Å². The summed E-state index contributed by atoms with van der Waals surface area (Å²) >= 11 is 0. The van der Waals surface area contributed by atoms with Crippen molar-refractivity contribution in [1.82, 2.24) is 10.2 Å². The summed E-state index contributed by atoms with van der Waals surface area (Å²) in [4.78, 5) is 14.7. The van der Waals surface area contributed by atoms with Gasteiger partial charge in [-0.3, -0.25) is 9.69 Å². The molecule has 1 aliphatic heterocycles. The molecule has 1 aliphatic rings. The smallest absolute Gasteiger partial charge is 0.261 e. The van der Waals surface area contributed by atoms with Crippen LogP contribution in [-0.4, -0.2) is 56.3 Å². The van der Waals surface area contributed by atoms with Gasteiger partial charge in [-0.2, -0.15) is 0 Å². The lowest BCUT2D eigenvalue weighted by atomic mass is 10.1. The third-order valence-corrected chi connectivity index (χ3v) is 4.49. The molecular weight excluding hydrogens is 316 g/mol. The van der Waals surface area contributed by atoms with Crippen molar-refractivity contribution in [3.63, 3.8) is 0 Å². The highest BCUT2D eigenvalue weighted by Crippen LogP contribution is 2.22. The Kier molecular flexibility index (Phi) is 6.25. The van der Waals surface area contributed by atoms with Crippen LogP contribution in [0.2, 0.25) is 0 Å². The summed E-state index contributed by atoms with van der Waals surface area (Å²) in [6, 6.07) is 14.1. The van der Waals surface area contributed by atoms with Crippen molar-refractivity contribution in [2.75, 3.05) is 39.4 Å². The summed E-state index contributed by atoms with van der Waals surface area (Å²) in [6.07, 6.45) is 0.168. The Morgan fingerprint density at radius 2 is 1.96 bits per heavy atom. The van der Waals surface area contributed by atoms with Crippen LogP contribution in [0, 0.1) is 0 Å². The van der Waals surface area contributed by atoms with E-state index in [2.05, 4.69) is 16.3 Å². The zero-order valence-corrected chi connectivity index (χ0v) is 14.7. The number of carbonyl (C=O) groups excluding carboxylic acids is 1. The van der Waals surface area contributed by atoms with Crippen LogP contribution in [0.15, 0.2) is 42.5 Å². The van der Waals surface area contributed by atoms with Crippen molar-refractivity contribution in [2.45, 2.75) is 19.4 Å². The summed E-state index contributed by atoms with van der Waals surface area (Å²) in [5.41, 5.74) is 0. The van der Waals surface area contributed by atoms with Crippen molar-refractivity contribution >= 4 is 16.7 Å². The molecule has 1 saturated heterocycles.